The van der Waals surface area contributed by atoms with Crippen molar-refractivity contribution in [3.63, 3.8) is 0 Å². The number of rotatable bonds is 9. The maximum atomic E-state index is 10.4. The lowest BCUT2D eigenvalue weighted by molar-refractivity contribution is -0.110. The number of aliphatic hydroxyl groups excluding tert-OH is 2. The summed E-state index contributed by atoms with van der Waals surface area (Å²) in [5, 5.41) is 25.3. The van der Waals surface area contributed by atoms with Gasteiger partial charge in [-0.1, -0.05) is 38.1 Å². The number of benzene rings is 1. The van der Waals surface area contributed by atoms with Crippen molar-refractivity contribution in [2.75, 3.05) is 32.1 Å². The molecule has 0 radical (unpaired) electrons. The fourth-order valence-electron chi connectivity index (χ4n) is 2.38. The van der Waals surface area contributed by atoms with Crippen LogP contribution >= 0.6 is 0 Å². The van der Waals surface area contributed by atoms with Gasteiger partial charge in [-0.15, -0.1) is 6.58 Å². The maximum Gasteiger partial charge on any atom is 0.207 e. The van der Waals surface area contributed by atoms with Crippen LogP contribution in [0.4, 0.5) is 5.69 Å². The molecule has 1 amide bonds. The van der Waals surface area contributed by atoms with E-state index in [0.29, 0.717) is 12.8 Å². The smallest absolute Gasteiger partial charge is 0.207 e. The number of allylic oxidation sites excluding steroid dienone is 1. The zero-order valence-electron chi connectivity index (χ0n) is 18.4. The summed E-state index contributed by atoms with van der Waals surface area (Å²) in [5.74, 6) is -0.0344. The van der Waals surface area contributed by atoms with Crippen LogP contribution in [0.5, 0.6) is 0 Å². The van der Waals surface area contributed by atoms with Crippen LogP contribution in [-0.4, -0.2) is 49.4 Å². The van der Waals surface area contributed by atoms with Crippen LogP contribution in [0.3, 0.4) is 0 Å². The molecule has 1 atom stereocenters. The highest BCUT2D eigenvalue weighted by molar-refractivity contribution is 5.48. The summed E-state index contributed by atoms with van der Waals surface area (Å²) in [6.45, 7) is 14.5. The lowest BCUT2D eigenvalue weighted by atomic mass is 10.0. The van der Waals surface area contributed by atoms with Gasteiger partial charge in [-0.25, -0.2) is 0 Å². The number of amides is 1. The minimum atomic E-state index is -0.433. The summed E-state index contributed by atoms with van der Waals surface area (Å²) in [6, 6.07) is 7.42. The lowest BCUT2D eigenvalue weighted by Gasteiger charge is -2.14. The van der Waals surface area contributed by atoms with E-state index in [9.17, 15) is 9.90 Å². The van der Waals surface area contributed by atoms with Crippen molar-refractivity contribution < 1.29 is 15.0 Å². The second kappa shape index (κ2) is 22.0. The van der Waals surface area contributed by atoms with Crippen molar-refractivity contribution in [3.05, 3.63) is 54.8 Å². The van der Waals surface area contributed by atoms with Crippen LogP contribution in [0.15, 0.2) is 49.3 Å². The molecule has 1 aromatic rings. The topological polar surface area (TPSA) is 93.6 Å². The molecule has 29 heavy (non-hydrogen) atoms. The number of hydrogen-bond acceptors (Lipinski definition) is 5. The molecule has 1 saturated heterocycles. The van der Waals surface area contributed by atoms with Gasteiger partial charge in [0.15, 0.2) is 0 Å². The molecule has 1 aromatic carbocycles. The van der Waals surface area contributed by atoms with Crippen LogP contribution in [0, 0.1) is 0 Å². The van der Waals surface area contributed by atoms with E-state index in [1.807, 2.05) is 37.3 Å². The zero-order valence-corrected chi connectivity index (χ0v) is 18.4. The SMILES string of the molecule is C1CCNC1.C=C(O)C(Cc1ccc(NCC)cc1)NC=O.C=CCCC.CO. The van der Waals surface area contributed by atoms with Gasteiger partial charge >= 0.3 is 0 Å². The Hall–Kier alpha value is -2.31. The number of carbonyl (C=O) groups is 1. The third-order valence-electron chi connectivity index (χ3n) is 3.90. The van der Waals surface area contributed by atoms with Gasteiger partial charge in [0.1, 0.15) is 5.76 Å². The van der Waals surface area contributed by atoms with Crippen LogP contribution in [0.1, 0.15) is 45.1 Å². The van der Waals surface area contributed by atoms with Gasteiger partial charge in [0.2, 0.25) is 6.41 Å². The first-order chi connectivity index (χ1) is 14.1. The Bertz CT molecular complexity index is 507. The van der Waals surface area contributed by atoms with Crippen molar-refractivity contribution in [1.29, 1.82) is 0 Å². The number of unbranched alkanes of at least 4 members (excludes halogenated alkanes) is 1. The Balaban J connectivity index is 0. The molecule has 6 heteroatoms. The van der Waals surface area contributed by atoms with Gasteiger partial charge in [-0.2, -0.15) is 0 Å². The molecule has 0 aromatic heterocycles. The first-order valence-corrected chi connectivity index (χ1v) is 10.3. The molecule has 5 N–H and O–H groups in total. The monoisotopic (exact) mass is 407 g/mol. The number of carbonyl (C=O) groups excluding carboxylic acids is 1. The Morgan fingerprint density at radius 2 is 1.79 bits per heavy atom. The number of anilines is 1. The molecule has 1 fully saturated rings. The molecule has 0 aliphatic carbocycles. The van der Waals surface area contributed by atoms with Crippen LogP contribution in [0.2, 0.25) is 0 Å². The van der Waals surface area contributed by atoms with E-state index in [1.165, 1.54) is 32.4 Å². The molecule has 1 heterocycles. The predicted octanol–water partition coefficient (Wildman–Crippen LogP) is 3.80. The summed E-state index contributed by atoms with van der Waals surface area (Å²) < 4.78 is 0. The molecule has 0 bridgehead atoms. The second-order valence-electron chi connectivity index (χ2n) is 6.29. The van der Waals surface area contributed by atoms with E-state index in [-0.39, 0.29) is 5.76 Å². The Labute approximate surface area is 177 Å². The molecule has 166 valence electrons. The van der Waals surface area contributed by atoms with E-state index < -0.39 is 6.04 Å². The van der Waals surface area contributed by atoms with Crippen molar-refractivity contribution in [2.24, 2.45) is 0 Å². The van der Waals surface area contributed by atoms with Crippen molar-refractivity contribution in [1.82, 2.24) is 10.6 Å². The highest BCUT2D eigenvalue weighted by Gasteiger charge is 2.11. The Morgan fingerprint density at radius 1 is 1.21 bits per heavy atom. The van der Waals surface area contributed by atoms with E-state index in [1.54, 1.807) is 0 Å². The quantitative estimate of drug-likeness (QED) is 0.244. The molecule has 6 nitrogen and oxygen atoms in total. The van der Waals surface area contributed by atoms with Gasteiger partial charge in [0, 0.05) is 19.3 Å². The predicted molar refractivity (Wildman–Crippen MR) is 124 cm³/mol. The fourth-order valence-corrected chi connectivity index (χ4v) is 2.38. The first-order valence-electron chi connectivity index (χ1n) is 10.3. The third-order valence-corrected chi connectivity index (χ3v) is 3.90. The fraction of sp³-hybridized carbons (Fsp3) is 0.522. The molecule has 2 rings (SSSR count). The summed E-state index contributed by atoms with van der Waals surface area (Å²) in [7, 11) is 1.00. The summed E-state index contributed by atoms with van der Waals surface area (Å²) in [5.41, 5.74) is 2.08. The van der Waals surface area contributed by atoms with E-state index >= 15 is 0 Å². The normalized spacial score (nSPS) is 12.4. The standard InChI is InChI=1S/C13H18N2O2.C5H10.C4H9N.CH4O/c1-3-14-12-6-4-11(5-7-12)8-13(10(2)17)15-9-16;1-3-5-4-2;1-2-4-5-3-1;1-2/h4-7,9,13-14,17H,2-3,8H2,1H3,(H,15,16);3H,1,4-5H2,2H3;5H,1-4H2;2H,1H3. The molecule has 0 spiro atoms. The van der Waals surface area contributed by atoms with Gasteiger partial charge in [-0.3, -0.25) is 4.79 Å². The average Bonchev–Trinajstić information content (AvgIpc) is 3.32. The number of nitrogens with one attached hydrogen (secondary N) is 3. The highest BCUT2D eigenvalue weighted by Crippen LogP contribution is 2.12. The lowest BCUT2D eigenvalue weighted by Crippen LogP contribution is -2.31. The molecule has 1 unspecified atom stereocenters. The van der Waals surface area contributed by atoms with Crippen LogP contribution in [0.25, 0.3) is 0 Å². The van der Waals surface area contributed by atoms with E-state index in [0.717, 1.165) is 31.3 Å². The highest BCUT2D eigenvalue weighted by atomic mass is 16.3. The molecular weight excluding hydrogens is 366 g/mol. The first kappa shape index (κ1) is 28.9. The summed E-state index contributed by atoms with van der Waals surface area (Å²) >= 11 is 0. The second-order valence-corrected chi connectivity index (χ2v) is 6.29. The average molecular weight is 408 g/mol. The van der Waals surface area contributed by atoms with Gasteiger partial charge in [0.25, 0.3) is 0 Å². The van der Waals surface area contributed by atoms with E-state index in [4.69, 9.17) is 5.11 Å². The van der Waals surface area contributed by atoms with Crippen molar-refractivity contribution in [3.8, 4) is 0 Å². The van der Waals surface area contributed by atoms with Crippen molar-refractivity contribution >= 4 is 12.1 Å². The van der Waals surface area contributed by atoms with Gasteiger partial charge < -0.3 is 26.2 Å². The van der Waals surface area contributed by atoms with E-state index in [2.05, 4.69) is 36.0 Å². The van der Waals surface area contributed by atoms with Crippen LogP contribution < -0.4 is 16.0 Å². The zero-order chi connectivity index (χ0) is 22.3. The van der Waals surface area contributed by atoms with Crippen LogP contribution in [-0.2, 0) is 11.2 Å². The summed E-state index contributed by atoms with van der Waals surface area (Å²) in [6.07, 6.45) is 8.18. The minimum absolute atomic E-state index is 0.0344. The Kier molecular flexibility index (Phi) is 21.9. The van der Waals surface area contributed by atoms with Crippen molar-refractivity contribution in [2.45, 2.75) is 52.0 Å². The third kappa shape index (κ3) is 17.5. The molecule has 1 aliphatic heterocycles. The summed E-state index contributed by atoms with van der Waals surface area (Å²) in [4.78, 5) is 10.4. The van der Waals surface area contributed by atoms with Gasteiger partial charge in [0.05, 0.1) is 6.04 Å². The largest absolute Gasteiger partial charge is 0.511 e. The molecular formula is C23H41N3O3. The number of hydrogen-bond donors (Lipinski definition) is 5. The Morgan fingerprint density at radius 3 is 2.10 bits per heavy atom. The maximum absolute atomic E-state index is 10.4. The molecule has 0 saturated carbocycles. The number of aliphatic hydroxyl groups is 2. The minimum Gasteiger partial charge on any atom is -0.511 e. The van der Waals surface area contributed by atoms with Gasteiger partial charge in [-0.05, 0) is 63.4 Å². The molecule has 1 aliphatic rings.